The lowest BCUT2D eigenvalue weighted by molar-refractivity contribution is -0.135. The van der Waals surface area contributed by atoms with Crippen molar-refractivity contribution in [2.45, 2.75) is 38.3 Å². The third-order valence-corrected chi connectivity index (χ3v) is 4.85. The molecule has 2 N–H and O–H groups in total. The highest BCUT2D eigenvalue weighted by molar-refractivity contribution is 6.06. The Morgan fingerprint density at radius 1 is 1.38 bits per heavy atom. The molecule has 0 aromatic carbocycles. The van der Waals surface area contributed by atoms with E-state index >= 15 is 0 Å². The van der Waals surface area contributed by atoms with Gasteiger partial charge in [-0.2, -0.15) is 0 Å². The van der Waals surface area contributed by atoms with Crippen molar-refractivity contribution in [3.05, 3.63) is 30.1 Å². The Bertz CT molecular complexity index is 691. The van der Waals surface area contributed by atoms with Crippen LogP contribution in [0, 0.1) is 0 Å². The molecule has 2 aliphatic heterocycles. The Labute approximate surface area is 152 Å². The van der Waals surface area contributed by atoms with Gasteiger partial charge in [0.1, 0.15) is 5.54 Å². The number of rotatable bonds is 5. The second-order valence-electron chi connectivity index (χ2n) is 7.21. The number of urea groups is 1. The lowest BCUT2D eigenvalue weighted by atomic mass is 10.0. The van der Waals surface area contributed by atoms with Gasteiger partial charge in [0.15, 0.2) is 0 Å². The first-order chi connectivity index (χ1) is 12.4. The van der Waals surface area contributed by atoms with Gasteiger partial charge in [-0.25, -0.2) is 4.79 Å². The van der Waals surface area contributed by atoms with Crippen LogP contribution in [0.4, 0.5) is 4.79 Å². The number of amides is 4. The molecule has 4 amide bonds. The Kier molecular flexibility index (Phi) is 5.22. The van der Waals surface area contributed by atoms with Gasteiger partial charge in [-0.3, -0.25) is 19.5 Å². The van der Waals surface area contributed by atoms with E-state index in [9.17, 15) is 14.4 Å². The van der Waals surface area contributed by atoms with Crippen molar-refractivity contribution in [3.8, 4) is 0 Å². The first-order valence-corrected chi connectivity index (χ1v) is 8.94. The van der Waals surface area contributed by atoms with Crippen LogP contribution in [0.3, 0.4) is 0 Å². The number of nitrogens with zero attached hydrogens (tertiary/aromatic N) is 3. The van der Waals surface area contributed by atoms with Crippen LogP contribution in [0.5, 0.6) is 0 Å². The molecule has 2 saturated heterocycles. The molecule has 0 bridgehead atoms. The van der Waals surface area contributed by atoms with Crippen molar-refractivity contribution in [1.29, 1.82) is 0 Å². The van der Waals surface area contributed by atoms with Crippen LogP contribution < -0.4 is 10.6 Å². The second kappa shape index (κ2) is 7.41. The molecule has 0 spiro atoms. The van der Waals surface area contributed by atoms with Gasteiger partial charge in [-0.15, -0.1) is 0 Å². The number of imide groups is 1. The van der Waals surface area contributed by atoms with Crippen LogP contribution in [-0.2, 0) is 9.59 Å². The third-order valence-electron chi connectivity index (χ3n) is 4.85. The molecular formula is C18H25N5O3. The van der Waals surface area contributed by atoms with E-state index in [1.807, 2.05) is 17.0 Å². The zero-order valence-corrected chi connectivity index (χ0v) is 15.2. The number of carbonyl (C=O) groups is 3. The summed E-state index contributed by atoms with van der Waals surface area (Å²) in [7, 11) is 0. The summed E-state index contributed by atoms with van der Waals surface area (Å²) in [6.07, 6.45) is 4.25. The summed E-state index contributed by atoms with van der Waals surface area (Å²) in [6.45, 7) is 5.69. The molecule has 1 aromatic rings. The third kappa shape index (κ3) is 3.70. The predicted octanol–water partition coefficient (Wildman–Crippen LogP) is 0.665. The number of nitrogens with one attached hydrogen (secondary N) is 2. The lowest BCUT2D eigenvalue weighted by Gasteiger charge is -2.36. The monoisotopic (exact) mass is 359 g/mol. The van der Waals surface area contributed by atoms with Crippen LogP contribution in [0.2, 0.25) is 0 Å². The molecule has 0 aliphatic carbocycles. The van der Waals surface area contributed by atoms with Gasteiger partial charge in [0.25, 0.3) is 5.91 Å². The van der Waals surface area contributed by atoms with Crippen molar-refractivity contribution in [3.63, 3.8) is 0 Å². The number of pyridine rings is 1. The van der Waals surface area contributed by atoms with Gasteiger partial charge in [-0.1, -0.05) is 6.07 Å². The molecule has 3 heterocycles. The molecular weight excluding hydrogens is 334 g/mol. The van der Waals surface area contributed by atoms with Gasteiger partial charge in [0.2, 0.25) is 5.91 Å². The summed E-state index contributed by atoms with van der Waals surface area (Å²) in [5.74, 6) is -0.211. The summed E-state index contributed by atoms with van der Waals surface area (Å²) >= 11 is 0. The Hall–Kier alpha value is -2.48. The number of aromatic nitrogens is 1. The van der Waals surface area contributed by atoms with Gasteiger partial charge in [0, 0.05) is 45.0 Å². The molecule has 8 heteroatoms. The van der Waals surface area contributed by atoms with Crippen molar-refractivity contribution >= 4 is 17.8 Å². The normalized spacial score (nSPS) is 22.5. The summed E-state index contributed by atoms with van der Waals surface area (Å²) < 4.78 is 0. The summed E-state index contributed by atoms with van der Waals surface area (Å²) in [4.78, 5) is 44.0. The van der Waals surface area contributed by atoms with E-state index in [2.05, 4.69) is 15.6 Å². The van der Waals surface area contributed by atoms with Crippen LogP contribution in [0.1, 0.15) is 38.3 Å². The Morgan fingerprint density at radius 3 is 2.85 bits per heavy atom. The first kappa shape index (κ1) is 18.3. The highest BCUT2D eigenvalue weighted by atomic mass is 16.2. The average molecular weight is 359 g/mol. The molecule has 3 rings (SSSR count). The maximum Gasteiger partial charge on any atom is 0.325 e. The standard InChI is InChI=1S/C18H25N5O3/c1-18(2)16(25)23(17(26)21-18)9-4-6-15(24)22-10-8-20-12-14(22)13-5-3-7-19-11-13/h3,5,7,11,14,20H,4,6,8-10,12H2,1-2H3,(H,21,26). The number of carbonyl (C=O) groups excluding carboxylic acids is 3. The van der Waals surface area contributed by atoms with Gasteiger partial charge in [0.05, 0.1) is 6.04 Å². The van der Waals surface area contributed by atoms with Crippen molar-refractivity contribution in [1.82, 2.24) is 25.4 Å². The van der Waals surface area contributed by atoms with E-state index in [0.29, 0.717) is 25.9 Å². The highest BCUT2D eigenvalue weighted by Gasteiger charge is 2.43. The largest absolute Gasteiger partial charge is 0.333 e. The van der Waals surface area contributed by atoms with Crippen molar-refractivity contribution < 1.29 is 14.4 Å². The highest BCUT2D eigenvalue weighted by Crippen LogP contribution is 2.23. The van der Waals surface area contributed by atoms with E-state index < -0.39 is 5.54 Å². The van der Waals surface area contributed by atoms with Crippen LogP contribution >= 0.6 is 0 Å². The molecule has 26 heavy (non-hydrogen) atoms. The van der Waals surface area contributed by atoms with Crippen molar-refractivity contribution in [2.75, 3.05) is 26.2 Å². The number of piperazine rings is 1. The number of hydrogen-bond donors (Lipinski definition) is 2. The van der Waals surface area contributed by atoms with E-state index in [4.69, 9.17) is 0 Å². The zero-order chi connectivity index (χ0) is 18.7. The van der Waals surface area contributed by atoms with E-state index in [1.54, 1.807) is 26.2 Å². The first-order valence-electron chi connectivity index (χ1n) is 8.94. The average Bonchev–Trinajstić information content (AvgIpc) is 2.83. The van der Waals surface area contributed by atoms with E-state index in [1.165, 1.54) is 4.90 Å². The maximum absolute atomic E-state index is 12.7. The molecule has 0 radical (unpaired) electrons. The fraction of sp³-hybridized carbons (Fsp3) is 0.556. The Morgan fingerprint density at radius 2 is 2.19 bits per heavy atom. The minimum atomic E-state index is -0.870. The van der Waals surface area contributed by atoms with Crippen LogP contribution in [0.25, 0.3) is 0 Å². The van der Waals surface area contributed by atoms with Gasteiger partial charge >= 0.3 is 6.03 Å². The molecule has 2 aliphatic rings. The van der Waals surface area contributed by atoms with Crippen molar-refractivity contribution in [2.24, 2.45) is 0 Å². The minimum Gasteiger partial charge on any atom is -0.333 e. The smallest absolute Gasteiger partial charge is 0.325 e. The molecule has 1 aromatic heterocycles. The van der Waals surface area contributed by atoms with E-state index in [0.717, 1.165) is 12.1 Å². The van der Waals surface area contributed by atoms with Crippen LogP contribution in [0.15, 0.2) is 24.5 Å². The summed E-state index contributed by atoms with van der Waals surface area (Å²) in [5, 5.41) is 5.96. The molecule has 1 unspecified atom stereocenters. The number of hydrogen-bond acceptors (Lipinski definition) is 5. The fourth-order valence-electron chi connectivity index (χ4n) is 3.43. The topological polar surface area (TPSA) is 94.6 Å². The molecule has 1 atom stereocenters. The molecule has 140 valence electrons. The van der Waals surface area contributed by atoms with E-state index in [-0.39, 0.29) is 30.4 Å². The quantitative estimate of drug-likeness (QED) is 0.754. The maximum atomic E-state index is 12.7. The van der Waals surface area contributed by atoms with Gasteiger partial charge < -0.3 is 15.5 Å². The van der Waals surface area contributed by atoms with Gasteiger partial charge in [-0.05, 0) is 31.9 Å². The fourth-order valence-corrected chi connectivity index (χ4v) is 3.43. The SMILES string of the molecule is CC1(C)NC(=O)N(CCCC(=O)N2CCNCC2c2cccnc2)C1=O. The molecule has 0 saturated carbocycles. The Balaban J connectivity index is 1.57. The summed E-state index contributed by atoms with van der Waals surface area (Å²) in [5.41, 5.74) is 0.134. The summed E-state index contributed by atoms with van der Waals surface area (Å²) in [6, 6.07) is 3.41. The zero-order valence-electron chi connectivity index (χ0n) is 15.2. The van der Waals surface area contributed by atoms with Crippen LogP contribution in [-0.4, -0.2) is 64.3 Å². The predicted molar refractivity (Wildman–Crippen MR) is 95.1 cm³/mol. The molecule has 8 nitrogen and oxygen atoms in total. The minimum absolute atomic E-state index is 0.0340. The lowest BCUT2D eigenvalue weighted by Crippen LogP contribution is -2.48. The molecule has 2 fully saturated rings. The second-order valence-corrected chi connectivity index (χ2v) is 7.21.